The summed E-state index contributed by atoms with van der Waals surface area (Å²) in [7, 11) is 0. The van der Waals surface area contributed by atoms with E-state index in [1.165, 1.54) is 0 Å². The summed E-state index contributed by atoms with van der Waals surface area (Å²) >= 11 is 0. The van der Waals surface area contributed by atoms with Crippen LogP contribution >= 0.6 is 0 Å². The molecule has 12 unspecified atom stereocenters. The maximum absolute atomic E-state index is 13.0. The number of aliphatic hydroxyl groups excluding tert-OH is 8. The second kappa shape index (κ2) is 30.9. The van der Waals surface area contributed by atoms with Crippen LogP contribution in [0.25, 0.3) is 0 Å². The van der Waals surface area contributed by atoms with Gasteiger partial charge < -0.3 is 65.1 Å². The van der Waals surface area contributed by atoms with Crippen LogP contribution in [-0.2, 0) is 23.7 Å². The van der Waals surface area contributed by atoms with Gasteiger partial charge in [-0.15, -0.1) is 0 Å². The zero-order valence-corrected chi connectivity index (χ0v) is 34.3. The number of carbonyl (C=O) groups excluding carboxylic acids is 1. The van der Waals surface area contributed by atoms with E-state index < -0.39 is 86.8 Å². The molecule has 2 fully saturated rings. The number of amides is 1. The minimum Gasteiger partial charge on any atom is -0.394 e. The predicted octanol–water partition coefficient (Wildman–Crippen LogP) is 3.37. The molecule has 0 aromatic rings. The van der Waals surface area contributed by atoms with Gasteiger partial charge >= 0.3 is 0 Å². The molecule has 12 atom stereocenters. The number of unbranched alkanes of at least 4 members (excludes halogenated alkanes) is 9. The number of aliphatic hydroxyl groups is 8. The number of ether oxygens (including phenoxy) is 4. The molecule has 2 rings (SSSR count). The molecule has 0 aromatic heterocycles. The summed E-state index contributed by atoms with van der Waals surface area (Å²) in [5.74, 6) is -0.234. The van der Waals surface area contributed by atoms with Crippen LogP contribution in [0.3, 0.4) is 0 Å². The summed E-state index contributed by atoms with van der Waals surface area (Å²) in [5.41, 5.74) is 0. The highest BCUT2D eigenvalue weighted by Gasteiger charge is 2.50. The third-order valence-electron chi connectivity index (χ3n) is 10.3. The maximum atomic E-state index is 13.0. The number of rotatable bonds is 30. The van der Waals surface area contributed by atoms with Gasteiger partial charge in [0.2, 0.25) is 5.91 Å². The number of carbonyl (C=O) groups is 1. The number of nitrogens with one attached hydrogen (secondary N) is 1. The third-order valence-corrected chi connectivity index (χ3v) is 10.3. The van der Waals surface area contributed by atoms with Gasteiger partial charge in [-0.3, -0.25) is 4.79 Å². The Bertz CT molecular complexity index is 1150. The zero-order chi connectivity index (χ0) is 41.8. The smallest absolute Gasteiger partial charge is 0.220 e. The highest BCUT2D eigenvalue weighted by atomic mass is 16.7. The molecule has 0 aromatic carbocycles. The van der Waals surface area contributed by atoms with Crippen molar-refractivity contribution in [2.75, 3.05) is 19.8 Å². The molecule has 0 bridgehead atoms. The van der Waals surface area contributed by atoms with E-state index in [0.29, 0.717) is 12.8 Å². The summed E-state index contributed by atoms with van der Waals surface area (Å²) in [5, 5.41) is 85.9. The minimum absolute atomic E-state index is 0.234. The van der Waals surface area contributed by atoms with Gasteiger partial charge in [0.15, 0.2) is 12.6 Å². The van der Waals surface area contributed by atoms with Crippen molar-refractivity contribution in [2.45, 2.75) is 197 Å². The van der Waals surface area contributed by atoms with E-state index in [9.17, 15) is 45.6 Å². The number of hydrogen-bond donors (Lipinski definition) is 9. The third kappa shape index (κ3) is 19.7. The molecule has 0 radical (unpaired) electrons. The molecular weight excluding hydrogens is 738 g/mol. The molecule has 2 heterocycles. The van der Waals surface area contributed by atoms with Gasteiger partial charge in [0.25, 0.3) is 0 Å². The van der Waals surface area contributed by atoms with Crippen molar-refractivity contribution in [1.82, 2.24) is 5.32 Å². The van der Waals surface area contributed by atoms with Crippen molar-refractivity contribution in [3.63, 3.8) is 0 Å². The van der Waals surface area contributed by atoms with Crippen LogP contribution in [0.5, 0.6) is 0 Å². The molecule has 1 amide bonds. The van der Waals surface area contributed by atoms with Gasteiger partial charge in [-0.25, -0.2) is 0 Å². The van der Waals surface area contributed by atoms with Crippen LogP contribution in [-0.4, -0.2) is 140 Å². The van der Waals surface area contributed by atoms with Gasteiger partial charge in [-0.05, 0) is 51.4 Å². The van der Waals surface area contributed by atoms with Gasteiger partial charge in [0.1, 0.15) is 48.8 Å². The number of allylic oxidation sites excluding steroid dienone is 8. The molecule has 0 spiro atoms. The van der Waals surface area contributed by atoms with Crippen molar-refractivity contribution in [2.24, 2.45) is 0 Å². The van der Waals surface area contributed by atoms with E-state index in [0.717, 1.165) is 89.9 Å². The Labute approximate surface area is 340 Å². The fourth-order valence-corrected chi connectivity index (χ4v) is 6.75. The Kier molecular flexibility index (Phi) is 27.7. The SMILES string of the molecule is CC/C=C\C/C=C\C/C=C\C/C=C\CCCCCCCCC(=O)NC(COC1OC(CO)C(OC2OC(CO)C(O)C(O)C2O)C(O)C1O)C(O)CCCCCC. The summed E-state index contributed by atoms with van der Waals surface area (Å²) in [6.07, 6.45) is 16.3. The molecule has 0 saturated carbocycles. The fraction of sp³-hybridized carbons (Fsp3) is 0.791. The summed E-state index contributed by atoms with van der Waals surface area (Å²) in [6, 6.07) is -0.832. The fourth-order valence-electron chi connectivity index (χ4n) is 6.75. The summed E-state index contributed by atoms with van der Waals surface area (Å²) in [6.45, 7) is 2.55. The van der Waals surface area contributed by atoms with Crippen molar-refractivity contribution in [3.05, 3.63) is 48.6 Å². The lowest BCUT2D eigenvalue weighted by atomic mass is 9.97. The lowest BCUT2D eigenvalue weighted by Crippen LogP contribution is -2.65. The van der Waals surface area contributed by atoms with E-state index in [-0.39, 0.29) is 18.9 Å². The maximum Gasteiger partial charge on any atom is 0.220 e. The van der Waals surface area contributed by atoms with Gasteiger partial charge in [0, 0.05) is 6.42 Å². The molecule has 330 valence electrons. The molecule has 14 nitrogen and oxygen atoms in total. The van der Waals surface area contributed by atoms with Crippen molar-refractivity contribution in [3.8, 4) is 0 Å². The van der Waals surface area contributed by atoms with Crippen molar-refractivity contribution >= 4 is 5.91 Å². The molecule has 2 saturated heterocycles. The Balaban J connectivity index is 1.78. The molecule has 2 aliphatic rings. The Morgan fingerprint density at radius 2 is 1.21 bits per heavy atom. The zero-order valence-electron chi connectivity index (χ0n) is 34.3. The van der Waals surface area contributed by atoms with Crippen molar-refractivity contribution in [1.29, 1.82) is 0 Å². The highest BCUT2D eigenvalue weighted by Crippen LogP contribution is 2.30. The topological polar surface area (TPSA) is 228 Å². The van der Waals surface area contributed by atoms with Gasteiger partial charge in [-0.2, -0.15) is 0 Å². The van der Waals surface area contributed by atoms with Crippen LogP contribution in [0.2, 0.25) is 0 Å². The summed E-state index contributed by atoms with van der Waals surface area (Å²) in [4.78, 5) is 13.0. The monoisotopic (exact) mass is 814 g/mol. The standard InChI is InChI=1S/C43H75NO13/c1-3-5-7-9-10-11-12-13-14-15-16-17-18-19-20-21-22-23-25-27-35(48)44-31(32(47)26-24-8-6-4-2)30-54-42-40(53)38(51)41(34(29-46)56-42)57-43-39(52)37(50)36(49)33(28-45)55-43/h5,7,10-11,13-14,16-17,31-34,36-43,45-47,49-53H,3-4,6,8-9,12,15,18-30H2,1-2H3,(H,44,48)/b7-5-,11-10-,14-13-,17-16-. The van der Waals surface area contributed by atoms with Crippen LogP contribution in [0, 0.1) is 0 Å². The summed E-state index contributed by atoms with van der Waals surface area (Å²) < 4.78 is 22.5. The van der Waals surface area contributed by atoms with E-state index >= 15 is 0 Å². The first kappa shape index (κ1) is 51.1. The van der Waals surface area contributed by atoms with Crippen molar-refractivity contribution < 1.29 is 64.6 Å². The first-order valence-corrected chi connectivity index (χ1v) is 21.4. The van der Waals surface area contributed by atoms with E-state index in [2.05, 4.69) is 67.8 Å². The molecule has 2 aliphatic heterocycles. The first-order valence-electron chi connectivity index (χ1n) is 21.4. The molecule has 57 heavy (non-hydrogen) atoms. The molecule has 9 N–H and O–H groups in total. The lowest BCUT2D eigenvalue weighted by Gasteiger charge is -2.46. The van der Waals surface area contributed by atoms with Crippen LogP contribution in [0.1, 0.15) is 123 Å². The van der Waals surface area contributed by atoms with E-state index in [1.807, 2.05) is 0 Å². The van der Waals surface area contributed by atoms with Crippen LogP contribution in [0.4, 0.5) is 0 Å². The molecule has 0 aliphatic carbocycles. The molecular formula is C43H75NO13. The quantitative estimate of drug-likeness (QED) is 0.0375. The minimum atomic E-state index is -1.78. The number of hydrogen-bond acceptors (Lipinski definition) is 13. The Morgan fingerprint density at radius 3 is 1.84 bits per heavy atom. The van der Waals surface area contributed by atoms with Crippen LogP contribution in [0.15, 0.2) is 48.6 Å². The largest absolute Gasteiger partial charge is 0.394 e. The predicted molar refractivity (Wildman–Crippen MR) is 217 cm³/mol. The first-order chi connectivity index (χ1) is 27.6. The molecule has 14 heteroatoms. The van der Waals surface area contributed by atoms with E-state index in [1.54, 1.807) is 0 Å². The average Bonchev–Trinajstić information content (AvgIpc) is 3.21. The Hall–Kier alpha value is -2.05. The average molecular weight is 814 g/mol. The normalized spacial score (nSPS) is 29.6. The van der Waals surface area contributed by atoms with Crippen LogP contribution < -0.4 is 5.32 Å². The van der Waals surface area contributed by atoms with E-state index in [4.69, 9.17) is 18.9 Å². The second-order valence-corrected chi connectivity index (χ2v) is 15.1. The highest BCUT2D eigenvalue weighted by molar-refractivity contribution is 5.76. The Morgan fingerprint density at radius 1 is 0.649 bits per heavy atom. The van der Waals surface area contributed by atoms with Gasteiger partial charge in [0.05, 0.1) is 32.0 Å². The lowest BCUT2D eigenvalue weighted by molar-refractivity contribution is -0.359. The second-order valence-electron chi connectivity index (χ2n) is 15.1. The van der Waals surface area contributed by atoms with Gasteiger partial charge in [-0.1, -0.05) is 114 Å².